The van der Waals surface area contributed by atoms with Crippen molar-refractivity contribution in [3.05, 3.63) is 51.4 Å². The van der Waals surface area contributed by atoms with Gasteiger partial charge in [0.2, 0.25) is 5.95 Å². The summed E-state index contributed by atoms with van der Waals surface area (Å²) in [5, 5.41) is 13.0. The van der Waals surface area contributed by atoms with Crippen molar-refractivity contribution in [1.82, 2.24) is 9.97 Å². The van der Waals surface area contributed by atoms with Crippen molar-refractivity contribution in [3.8, 4) is 5.75 Å². The van der Waals surface area contributed by atoms with Crippen LogP contribution in [0.5, 0.6) is 5.75 Å². The molecule has 1 aromatic heterocycles. The van der Waals surface area contributed by atoms with Crippen LogP contribution in [0, 0.1) is 6.92 Å². The fourth-order valence-electron chi connectivity index (χ4n) is 2.14. The number of aromatic amines is 1. The van der Waals surface area contributed by atoms with Crippen molar-refractivity contribution in [3.63, 3.8) is 0 Å². The monoisotopic (exact) mass is 330 g/mol. The zero-order valence-corrected chi connectivity index (χ0v) is 13.9. The Bertz CT molecular complexity index is 756. The van der Waals surface area contributed by atoms with Gasteiger partial charge < -0.3 is 9.84 Å². The number of H-pyrrole nitrogens is 1. The lowest BCUT2D eigenvalue weighted by molar-refractivity contribution is 0.298. The van der Waals surface area contributed by atoms with Crippen molar-refractivity contribution in [1.29, 1.82) is 0 Å². The molecule has 3 N–H and O–H groups in total. The summed E-state index contributed by atoms with van der Waals surface area (Å²) in [6, 6.07) is 7.56. The lowest BCUT2D eigenvalue weighted by Gasteiger charge is -2.06. The van der Waals surface area contributed by atoms with Crippen LogP contribution in [0.15, 0.2) is 34.2 Å². The van der Waals surface area contributed by atoms with Crippen molar-refractivity contribution < 1.29 is 9.84 Å². The van der Waals surface area contributed by atoms with Crippen LogP contribution in [0.1, 0.15) is 30.2 Å². The van der Waals surface area contributed by atoms with E-state index in [1.54, 1.807) is 13.1 Å². The molecule has 2 aromatic rings. The molecular weight excluding hydrogens is 308 g/mol. The van der Waals surface area contributed by atoms with Crippen LogP contribution < -0.4 is 15.7 Å². The van der Waals surface area contributed by atoms with Crippen LogP contribution in [0.3, 0.4) is 0 Å². The average Bonchev–Trinajstić information content (AvgIpc) is 2.57. The van der Waals surface area contributed by atoms with Gasteiger partial charge in [0.15, 0.2) is 0 Å². The predicted octanol–water partition coefficient (Wildman–Crippen LogP) is 1.85. The Morgan fingerprint density at radius 1 is 1.46 bits per heavy atom. The molecule has 1 aromatic carbocycles. The van der Waals surface area contributed by atoms with E-state index < -0.39 is 0 Å². The van der Waals surface area contributed by atoms with Gasteiger partial charge in [-0.2, -0.15) is 5.10 Å². The van der Waals surface area contributed by atoms with E-state index >= 15 is 0 Å². The number of hydrogen-bond donors (Lipinski definition) is 3. The number of nitrogens with zero attached hydrogens (tertiary/aromatic N) is 2. The van der Waals surface area contributed by atoms with E-state index in [1.807, 2.05) is 24.3 Å². The summed E-state index contributed by atoms with van der Waals surface area (Å²) in [5.74, 6) is 1.05. The molecule has 0 aliphatic heterocycles. The molecule has 7 nitrogen and oxygen atoms in total. The van der Waals surface area contributed by atoms with Gasteiger partial charge in [-0.05, 0) is 31.0 Å². The molecule has 0 radical (unpaired) electrons. The highest BCUT2D eigenvalue weighted by atomic mass is 16.5. The highest BCUT2D eigenvalue weighted by Gasteiger charge is 2.06. The van der Waals surface area contributed by atoms with Gasteiger partial charge in [0.05, 0.1) is 18.5 Å². The molecule has 0 saturated carbocycles. The highest BCUT2D eigenvalue weighted by molar-refractivity contribution is 5.80. The Morgan fingerprint density at radius 3 is 3.00 bits per heavy atom. The van der Waals surface area contributed by atoms with E-state index in [1.165, 1.54) is 0 Å². The Kier molecular flexibility index (Phi) is 6.51. The fraction of sp³-hybridized carbons (Fsp3) is 0.353. The minimum Gasteiger partial charge on any atom is -0.494 e. The number of nitrogens with one attached hydrogen (secondary N) is 2. The van der Waals surface area contributed by atoms with Crippen LogP contribution in [0.4, 0.5) is 5.95 Å². The van der Waals surface area contributed by atoms with Gasteiger partial charge in [-0.15, -0.1) is 0 Å². The van der Waals surface area contributed by atoms with Gasteiger partial charge in [-0.1, -0.05) is 19.1 Å². The number of ether oxygens (including phenoxy) is 1. The van der Waals surface area contributed by atoms with Gasteiger partial charge >= 0.3 is 0 Å². The number of aliphatic hydroxyl groups excluding tert-OH is 1. The van der Waals surface area contributed by atoms with E-state index in [9.17, 15) is 4.79 Å². The molecule has 128 valence electrons. The second-order valence-corrected chi connectivity index (χ2v) is 5.24. The minimum atomic E-state index is -0.274. The number of hydrazone groups is 1. The largest absolute Gasteiger partial charge is 0.494 e. The summed E-state index contributed by atoms with van der Waals surface area (Å²) in [5.41, 5.74) is 4.35. The van der Waals surface area contributed by atoms with Crippen LogP contribution in [0.2, 0.25) is 0 Å². The van der Waals surface area contributed by atoms with E-state index in [0.29, 0.717) is 17.9 Å². The van der Waals surface area contributed by atoms with Gasteiger partial charge in [0.1, 0.15) is 5.75 Å². The Balaban J connectivity index is 2.05. The number of anilines is 1. The predicted molar refractivity (Wildman–Crippen MR) is 93.8 cm³/mol. The van der Waals surface area contributed by atoms with Crippen molar-refractivity contribution in [2.75, 3.05) is 18.6 Å². The van der Waals surface area contributed by atoms with E-state index in [4.69, 9.17) is 9.84 Å². The standard InChI is InChI=1S/C17H22N4O3/c1-3-9-24-14-6-4-5-13(10-14)11-18-21-17-19-12(2)15(7-8-22)16(23)20-17/h4-6,10-11,22H,3,7-9H2,1-2H3,(H2,19,20,21,23)/b18-11-. The van der Waals surface area contributed by atoms with Gasteiger partial charge in [-0.3, -0.25) is 9.78 Å². The van der Waals surface area contributed by atoms with Gasteiger partial charge in [0, 0.05) is 18.6 Å². The van der Waals surface area contributed by atoms with Crippen LogP contribution in [0.25, 0.3) is 0 Å². The molecule has 7 heteroatoms. The highest BCUT2D eigenvalue weighted by Crippen LogP contribution is 2.12. The first-order valence-corrected chi connectivity index (χ1v) is 7.86. The number of rotatable bonds is 8. The van der Waals surface area contributed by atoms with E-state index in [0.717, 1.165) is 17.7 Å². The smallest absolute Gasteiger partial charge is 0.255 e. The molecule has 0 aliphatic rings. The first-order chi connectivity index (χ1) is 11.6. The average molecular weight is 330 g/mol. The molecule has 24 heavy (non-hydrogen) atoms. The third-order valence-corrected chi connectivity index (χ3v) is 3.30. The second-order valence-electron chi connectivity index (χ2n) is 5.24. The topological polar surface area (TPSA) is 99.6 Å². The number of aliphatic hydroxyl groups is 1. The molecule has 0 fully saturated rings. The Labute approximate surface area is 140 Å². The lowest BCUT2D eigenvalue weighted by Crippen LogP contribution is -2.19. The van der Waals surface area contributed by atoms with Crippen LogP contribution in [-0.2, 0) is 6.42 Å². The Hall–Kier alpha value is -2.67. The number of hydrogen-bond acceptors (Lipinski definition) is 6. The first-order valence-electron chi connectivity index (χ1n) is 7.86. The van der Waals surface area contributed by atoms with Gasteiger partial charge in [0.25, 0.3) is 5.56 Å². The van der Waals surface area contributed by atoms with Gasteiger partial charge in [-0.25, -0.2) is 10.4 Å². The summed E-state index contributed by atoms with van der Waals surface area (Å²) in [4.78, 5) is 18.7. The van der Waals surface area contributed by atoms with E-state index in [-0.39, 0.29) is 24.5 Å². The lowest BCUT2D eigenvalue weighted by atomic mass is 10.2. The van der Waals surface area contributed by atoms with Crippen LogP contribution in [-0.4, -0.2) is 34.5 Å². The maximum Gasteiger partial charge on any atom is 0.255 e. The van der Waals surface area contributed by atoms with Crippen molar-refractivity contribution in [2.45, 2.75) is 26.7 Å². The zero-order chi connectivity index (χ0) is 17.4. The third-order valence-electron chi connectivity index (χ3n) is 3.30. The number of benzene rings is 1. The quantitative estimate of drug-likeness (QED) is 0.507. The summed E-state index contributed by atoms with van der Waals surface area (Å²) in [7, 11) is 0. The normalized spacial score (nSPS) is 11.0. The maximum absolute atomic E-state index is 11.9. The molecule has 0 aliphatic carbocycles. The SMILES string of the molecule is CCCOc1cccc(/C=N\Nc2nc(C)c(CCO)c(=O)[nH]2)c1. The number of aryl methyl sites for hydroxylation is 1. The summed E-state index contributed by atoms with van der Waals surface area (Å²) >= 11 is 0. The minimum absolute atomic E-state index is 0.0903. The van der Waals surface area contributed by atoms with Crippen molar-refractivity contribution >= 4 is 12.2 Å². The molecule has 0 amide bonds. The molecule has 2 rings (SSSR count). The number of aromatic nitrogens is 2. The fourth-order valence-corrected chi connectivity index (χ4v) is 2.14. The first kappa shape index (κ1) is 17.7. The third kappa shape index (κ3) is 4.92. The van der Waals surface area contributed by atoms with Crippen molar-refractivity contribution in [2.24, 2.45) is 5.10 Å². The maximum atomic E-state index is 11.9. The molecule has 0 atom stereocenters. The Morgan fingerprint density at radius 2 is 2.29 bits per heavy atom. The molecule has 0 unspecified atom stereocenters. The molecular formula is C17H22N4O3. The van der Waals surface area contributed by atoms with Crippen LogP contribution >= 0.6 is 0 Å². The summed E-state index contributed by atoms with van der Waals surface area (Å²) < 4.78 is 5.57. The summed E-state index contributed by atoms with van der Waals surface area (Å²) in [6.07, 6.45) is 2.85. The molecule has 0 spiro atoms. The van der Waals surface area contributed by atoms with E-state index in [2.05, 4.69) is 27.4 Å². The molecule has 0 bridgehead atoms. The molecule has 0 saturated heterocycles. The molecule has 1 heterocycles. The second kappa shape index (κ2) is 8.83. The zero-order valence-electron chi connectivity index (χ0n) is 13.9. The summed E-state index contributed by atoms with van der Waals surface area (Å²) in [6.45, 7) is 4.36.